The molecular formula is C33H38N4O. The highest BCUT2D eigenvalue weighted by Crippen LogP contribution is 2.60. The van der Waals surface area contributed by atoms with Gasteiger partial charge in [0.05, 0.1) is 30.4 Å². The Morgan fingerprint density at radius 1 is 0.868 bits per heavy atom. The normalized spacial score (nSPS) is 27.6. The van der Waals surface area contributed by atoms with E-state index in [0.717, 1.165) is 65.0 Å². The number of rotatable bonds is 8. The molecule has 0 radical (unpaired) electrons. The first-order valence-corrected chi connectivity index (χ1v) is 14.5. The van der Waals surface area contributed by atoms with Gasteiger partial charge in [0.25, 0.3) is 0 Å². The summed E-state index contributed by atoms with van der Waals surface area (Å²) in [6, 6.07) is 21.2. The number of allylic oxidation sites excluding steroid dienone is 1. The van der Waals surface area contributed by atoms with E-state index in [1.54, 1.807) is 0 Å². The predicted octanol–water partition coefficient (Wildman–Crippen LogP) is 6.96. The highest BCUT2D eigenvalue weighted by atomic mass is 16.5. The molecule has 4 bridgehead atoms. The third kappa shape index (κ3) is 4.96. The van der Waals surface area contributed by atoms with Crippen molar-refractivity contribution in [3.63, 3.8) is 0 Å². The first-order chi connectivity index (χ1) is 18.7. The van der Waals surface area contributed by atoms with E-state index < -0.39 is 0 Å². The second kappa shape index (κ2) is 10.2. The Morgan fingerprint density at radius 3 is 2.29 bits per heavy atom. The van der Waals surface area contributed by atoms with Crippen molar-refractivity contribution in [2.45, 2.75) is 70.0 Å². The van der Waals surface area contributed by atoms with E-state index in [2.05, 4.69) is 71.3 Å². The molecule has 5 nitrogen and oxygen atoms in total. The molecule has 196 valence electrons. The molecule has 0 unspecified atom stereocenters. The fourth-order valence-corrected chi connectivity index (χ4v) is 7.81. The van der Waals surface area contributed by atoms with Gasteiger partial charge in [0.15, 0.2) is 0 Å². The van der Waals surface area contributed by atoms with Crippen LogP contribution >= 0.6 is 0 Å². The fraction of sp³-hybridized carbons (Fsp3) is 0.455. The van der Waals surface area contributed by atoms with Crippen molar-refractivity contribution in [1.82, 2.24) is 15.3 Å². The van der Waals surface area contributed by atoms with E-state index in [4.69, 9.17) is 14.7 Å². The number of hydrogen-bond acceptors (Lipinski definition) is 5. The Balaban J connectivity index is 1.17. The second-order valence-electron chi connectivity index (χ2n) is 12.1. The van der Waals surface area contributed by atoms with Crippen LogP contribution in [-0.2, 0) is 23.4 Å². The van der Waals surface area contributed by atoms with Gasteiger partial charge < -0.3 is 15.4 Å². The molecule has 0 saturated heterocycles. The third-order valence-corrected chi connectivity index (χ3v) is 9.16. The molecular weight excluding hydrogens is 468 g/mol. The first kappa shape index (κ1) is 23.9. The summed E-state index contributed by atoms with van der Waals surface area (Å²) < 4.78 is 6.16. The zero-order chi connectivity index (χ0) is 25.4. The van der Waals surface area contributed by atoms with Gasteiger partial charge in [0.1, 0.15) is 5.82 Å². The molecule has 1 aliphatic heterocycles. The van der Waals surface area contributed by atoms with E-state index in [1.807, 2.05) is 6.07 Å². The van der Waals surface area contributed by atoms with Crippen molar-refractivity contribution in [2.75, 3.05) is 11.9 Å². The first-order valence-electron chi connectivity index (χ1n) is 14.5. The number of nitrogens with one attached hydrogen (secondary N) is 2. The van der Waals surface area contributed by atoms with Gasteiger partial charge in [-0.3, -0.25) is 0 Å². The molecule has 0 amide bonds. The highest BCUT2D eigenvalue weighted by molar-refractivity contribution is 5.64. The van der Waals surface area contributed by atoms with Gasteiger partial charge in [-0.2, -0.15) is 0 Å². The van der Waals surface area contributed by atoms with Crippen LogP contribution in [0.15, 0.2) is 72.6 Å². The smallest absolute Gasteiger partial charge is 0.135 e. The lowest BCUT2D eigenvalue weighted by Gasteiger charge is -2.56. The van der Waals surface area contributed by atoms with Crippen molar-refractivity contribution in [2.24, 2.45) is 17.8 Å². The van der Waals surface area contributed by atoms with Crippen LogP contribution in [0.5, 0.6) is 0 Å². The minimum Gasteiger partial charge on any atom is -0.372 e. The van der Waals surface area contributed by atoms with Crippen molar-refractivity contribution in [3.05, 3.63) is 89.6 Å². The van der Waals surface area contributed by atoms with Gasteiger partial charge in [-0.25, -0.2) is 9.97 Å². The maximum Gasteiger partial charge on any atom is 0.135 e. The number of anilines is 1. The highest BCUT2D eigenvalue weighted by Gasteiger charge is 2.53. The van der Waals surface area contributed by atoms with Crippen LogP contribution in [0.3, 0.4) is 0 Å². The van der Waals surface area contributed by atoms with Crippen molar-refractivity contribution in [3.8, 4) is 11.3 Å². The standard InChI is InChI=1S/C33H38N4O/c1-2-6-23(7-3-1)21-38-22-29-17-30(27-9-11-28(12-10-27)35-31-8-4-5-13-34-31)37-32(36-29)33-18-24-14-25(19-33)16-26(15-24)20-33/h1-3,6-12,17,24-26,34-35H,4-5,13-16,18-22H2. The summed E-state index contributed by atoms with van der Waals surface area (Å²) in [4.78, 5) is 10.5. The molecule has 0 spiro atoms. The monoisotopic (exact) mass is 506 g/mol. The summed E-state index contributed by atoms with van der Waals surface area (Å²) in [6.45, 7) is 2.13. The number of benzene rings is 2. The lowest BCUT2D eigenvalue weighted by atomic mass is 9.49. The van der Waals surface area contributed by atoms with Crippen molar-refractivity contribution in [1.29, 1.82) is 0 Å². The van der Waals surface area contributed by atoms with Crippen LogP contribution in [0.25, 0.3) is 11.3 Å². The van der Waals surface area contributed by atoms with Crippen molar-refractivity contribution >= 4 is 5.69 Å². The Hall–Kier alpha value is -3.18. The summed E-state index contributed by atoms with van der Waals surface area (Å²) >= 11 is 0. The van der Waals surface area contributed by atoms with Gasteiger partial charge in [0.2, 0.25) is 0 Å². The van der Waals surface area contributed by atoms with Gasteiger partial charge >= 0.3 is 0 Å². The average Bonchev–Trinajstić information content (AvgIpc) is 2.94. The largest absolute Gasteiger partial charge is 0.372 e. The Bertz CT molecular complexity index is 1270. The topological polar surface area (TPSA) is 59.1 Å². The van der Waals surface area contributed by atoms with E-state index in [1.165, 1.54) is 50.5 Å². The quantitative estimate of drug-likeness (QED) is 0.346. The second-order valence-corrected chi connectivity index (χ2v) is 12.1. The van der Waals surface area contributed by atoms with Crippen molar-refractivity contribution < 1.29 is 4.74 Å². The zero-order valence-corrected chi connectivity index (χ0v) is 22.2. The lowest BCUT2D eigenvalue weighted by molar-refractivity contribution is -0.00967. The Morgan fingerprint density at radius 2 is 1.61 bits per heavy atom. The molecule has 4 fully saturated rings. The van der Waals surface area contributed by atoms with E-state index >= 15 is 0 Å². The molecule has 5 aliphatic rings. The van der Waals surface area contributed by atoms with E-state index in [9.17, 15) is 0 Å². The number of nitrogens with zero attached hydrogens (tertiary/aromatic N) is 2. The molecule has 0 atom stereocenters. The number of ether oxygens (including phenoxy) is 1. The van der Waals surface area contributed by atoms with Gasteiger partial charge in [-0.1, -0.05) is 42.5 Å². The van der Waals surface area contributed by atoms with Gasteiger partial charge in [-0.15, -0.1) is 0 Å². The third-order valence-electron chi connectivity index (χ3n) is 9.16. The van der Waals surface area contributed by atoms with Crippen LogP contribution in [0, 0.1) is 17.8 Å². The van der Waals surface area contributed by atoms with Crippen LogP contribution < -0.4 is 10.6 Å². The minimum atomic E-state index is 0.152. The molecule has 4 saturated carbocycles. The summed E-state index contributed by atoms with van der Waals surface area (Å²) in [6.07, 6.45) is 12.6. The maximum atomic E-state index is 6.16. The van der Waals surface area contributed by atoms with Crippen LogP contribution in [0.2, 0.25) is 0 Å². The summed E-state index contributed by atoms with van der Waals surface area (Å²) in [5.41, 5.74) is 5.59. The van der Waals surface area contributed by atoms with Crippen LogP contribution in [0.1, 0.15) is 68.4 Å². The summed E-state index contributed by atoms with van der Waals surface area (Å²) in [5, 5.41) is 6.95. The number of hydrogen-bond donors (Lipinski definition) is 2. The fourth-order valence-electron chi connectivity index (χ4n) is 7.81. The lowest BCUT2D eigenvalue weighted by Crippen LogP contribution is -2.49. The molecule has 5 heteroatoms. The van der Waals surface area contributed by atoms with Crippen LogP contribution in [-0.4, -0.2) is 16.5 Å². The SMILES string of the molecule is C1=C(Nc2ccc(-c3cc(COCc4ccccc4)nc(C45CC6CC(CC(C6)C4)C5)n3)cc2)NCCC1. The maximum absolute atomic E-state index is 6.16. The molecule has 3 aromatic rings. The zero-order valence-electron chi connectivity index (χ0n) is 22.2. The molecule has 1 aromatic heterocycles. The van der Waals surface area contributed by atoms with E-state index in [0.29, 0.717) is 13.2 Å². The Kier molecular flexibility index (Phi) is 6.40. The summed E-state index contributed by atoms with van der Waals surface area (Å²) in [7, 11) is 0. The van der Waals surface area contributed by atoms with Gasteiger partial charge in [-0.05, 0) is 99.0 Å². The van der Waals surface area contributed by atoms with Gasteiger partial charge in [0, 0.05) is 23.2 Å². The Labute approximate surface area is 226 Å². The van der Waals surface area contributed by atoms with Crippen LogP contribution in [0.4, 0.5) is 5.69 Å². The number of aromatic nitrogens is 2. The predicted molar refractivity (Wildman–Crippen MR) is 151 cm³/mol. The minimum absolute atomic E-state index is 0.152. The molecule has 2 N–H and O–H groups in total. The molecule has 2 aromatic carbocycles. The molecule has 2 heterocycles. The molecule has 38 heavy (non-hydrogen) atoms. The average molecular weight is 507 g/mol. The molecule has 4 aliphatic carbocycles. The van der Waals surface area contributed by atoms with E-state index in [-0.39, 0.29) is 5.41 Å². The molecule has 8 rings (SSSR count). The summed E-state index contributed by atoms with van der Waals surface area (Å²) in [5.74, 6) is 4.76.